The average Bonchev–Trinajstić information content (AvgIpc) is 2.57. The summed E-state index contributed by atoms with van der Waals surface area (Å²) >= 11 is 3.61. The third-order valence-corrected chi connectivity index (χ3v) is 3.49. The van der Waals surface area contributed by atoms with Gasteiger partial charge in [-0.3, -0.25) is 0 Å². The van der Waals surface area contributed by atoms with Crippen LogP contribution in [0.25, 0.3) is 5.69 Å². The van der Waals surface area contributed by atoms with Crippen LogP contribution in [0.5, 0.6) is 0 Å². The molecule has 0 unspecified atom stereocenters. The first-order valence-electron chi connectivity index (χ1n) is 5.97. The summed E-state index contributed by atoms with van der Waals surface area (Å²) in [4.78, 5) is 0. The van der Waals surface area contributed by atoms with Gasteiger partial charge in [0.15, 0.2) is 5.82 Å². The van der Waals surface area contributed by atoms with E-state index in [2.05, 4.69) is 54.0 Å². The van der Waals surface area contributed by atoms with Gasteiger partial charge in [0.1, 0.15) is 0 Å². The van der Waals surface area contributed by atoms with Gasteiger partial charge in [0.2, 0.25) is 0 Å². The highest BCUT2D eigenvalue weighted by Gasteiger charge is 2.18. The summed E-state index contributed by atoms with van der Waals surface area (Å²) in [7, 11) is 0. The quantitative estimate of drug-likeness (QED) is 0.903. The third kappa shape index (κ3) is 2.75. The number of nitrogens with zero attached hydrogens (tertiary/aromatic N) is 2. The molecule has 0 atom stereocenters. The summed E-state index contributed by atoms with van der Waals surface area (Å²) < 4.78 is 2.96. The van der Waals surface area contributed by atoms with Crippen LogP contribution in [0.3, 0.4) is 0 Å². The predicted molar refractivity (Wildman–Crippen MR) is 79.4 cm³/mol. The molecule has 0 fully saturated rings. The van der Waals surface area contributed by atoms with Gasteiger partial charge in [0.25, 0.3) is 0 Å². The van der Waals surface area contributed by atoms with E-state index in [1.807, 2.05) is 35.0 Å². The van der Waals surface area contributed by atoms with Crippen LogP contribution in [0, 0.1) is 6.92 Å². The number of benzene rings is 1. The zero-order valence-electron chi connectivity index (χ0n) is 11.2. The van der Waals surface area contributed by atoms with E-state index in [-0.39, 0.29) is 5.54 Å². The SMILES string of the molecule is Cc1c(Br)c(NC(C)(C)C)nn1-c1ccccc1. The topological polar surface area (TPSA) is 29.9 Å². The monoisotopic (exact) mass is 307 g/mol. The summed E-state index contributed by atoms with van der Waals surface area (Å²) in [5.74, 6) is 0.879. The predicted octanol–water partition coefficient (Wildman–Crippen LogP) is 4.15. The zero-order valence-corrected chi connectivity index (χ0v) is 12.7. The van der Waals surface area contributed by atoms with Crippen molar-refractivity contribution in [3.8, 4) is 5.69 Å². The van der Waals surface area contributed by atoms with E-state index in [4.69, 9.17) is 0 Å². The van der Waals surface area contributed by atoms with Gasteiger partial charge >= 0.3 is 0 Å². The molecular formula is C14H18BrN3. The number of rotatable bonds is 2. The lowest BCUT2D eigenvalue weighted by molar-refractivity contribution is 0.627. The number of nitrogens with one attached hydrogen (secondary N) is 1. The minimum absolute atomic E-state index is 0.00910. The van der Waals surface area contributed by atoms with Crippen LogP contribution in [0.1, 0.15) is 26.5 Å². The highest BCUT2D eigenvalue weighted by atomic mass is 79.9. The smallest absolute Gasteiger partial charge is 0.163 e. The Morgan fingerprint density at radius 3 is 2.33 bits per heavy atom. The van der Waals surface area contributed by atoms with Gasteiger partial charge < -0.3 is 5.32 Å². The van der Waals surface area contributed by atoms with E-state index in [0.29, 0.717) is 0 Å². The third-order valence-electron chi connectivity index (χ3n) is 2.54. The van der Waals surface area contributed by atoms with Crippen LogP contribution < -0.4 is 5.32 Å². The van der Waals surface area contributed by atoms with Gasteiger partial charge in [-0.25, -0.2) is 4.68 Å². The van der Waals surface area contributed by atoms with Crippen LogP contribution in [0.15, 0.2) is 34.8 Å². The van der Waals surface area contributed by atoms with Gasteiger partial charge in [-0.1, -0.05) is 18.2 Å². The highest BCUT2D eigenvalue weighted by molar-refractivity contribution is 9.10. The Bertz CT molecular complexity index is 538. The van der Waals surface area contributed by atoms with Crippen molar-refractivity contribution in [2.75, 3.05) is 5.32 Å². The second-order valence-electron chi connectivity index (χ2n) is 5.37. The molecule has 0 amide bonds. The fourth-order valence-corrected chi connectivity index (χ4v) is 2.09. The molecule has 0 saturated carbocycles. The maximum absolute atomic E-state index is 4.62. The van der Waals surface area contributed by atoms with Crippen LogP contribution in [0.2, 0.25) is 0 Å². The normalized spacial score (nSPS) is 11.6. The Labute approximate surface area is 116 Å². The maximum atomic E-state index is 4.62. The summed E-state index contributed by atoms with van der Waals surface area (Å²) in [5, 5.41) is 8.03. The molecule has 0 saturated heterocycles. The Kier molecular flexibility index (Phi) is 3.48. The first-order valence-corrected chi connectivity index (χ1v) is 6.76. The van der Waals surface area contributed by atoms with Crippen LogP contribution >= 0.6 is 15.9 Å². The molecule has 0 spiro atoms. The minimum atomic E-state index is -0.00910. The lowest BCUT2D eigenvalue weighted by atomic mass is 10.1. The fraction of sp³-hybridized carbons (Fsp3) is 0.357. The fourth-order valence-electron chi connectivity index (χ4n) is 1.74. The largest absolute Gasteiger partial charge is 0.363 e. The lowest BCUT2D eigenvalue weighted by Crippen LogP contribution is -2.26. The number of hydrogen-bond donors (Lipinski definition) is 1. The van der Waals surface area contributed by atoms with E-state index in [9.17, 15) is 0 Å². The number of para-hydroxylation sites is 1. The minimum Gasteiger partial charge on any atom is -0.363 e. The molecule has 0 radical (unpaired) electrons. The first-order chi connectivity index (χ1) is 8.38. The Morgan fingerprint density at radius 1 is 1.17 bits per heavy atom. The molecule has 0 aliphatic heterocycles. The molecule has 0 aliphatic carbocycles. The van der Waals surface area contributed by atoms with E-state index in [1.54, 1.807) is 0 Å². The summed E-state index contributed by atoms with van der Waals surface area (Å²) in [6, 6.07) is 10.1. The van der Waals surface area contributed by atoms with E-state index in [0.717, 1.165) is 21.7 Å². The molecule has 2 rings (SSSR count). The molecular weight excluding hydrogens is 290 g/mol. The molecule has 1 aromatic carbocycles. The molecule has 0 bridgehead atoms. The molecule has 96 valence electrons. The standard InChI is InChI=1S/C14H18BrN3/c1-10-12(15)13(16-14(2,3)4)17-18(10)11-8-6-5-7-9-11/h5-9H,1-4H3,(H,16,17). The zero-order chi connectivity index (χ0) is 13.3. The molecule has 4 heteroatoms. The Hall–Kier alpha value is -1.29. The van der Waals surface area contributed by atoms with Crippen molar-refractivity contribution < 1.29 is 0 Å². The first kappa shape index (κ1) is 13.1. The summed E-state index contributed by atoms with van der Waals surface area (Å²) in [5.41, 5.74) is 2.15. The lowest BCUT2D eigenvalue weighted by Gasteiger charge is -2.20. The van der Waals surface area contributed by atoms with E-state index < -0.39 is 0 Å². The molecule has 1 aromatic heterocycles. The van der Waals surface area contributed by atoms with Crippen molar-refractivity contribution >= 4 is 21.7 Å². The number of hydrogen-bond acceptors (Lipinski definition) is 2. The van der Waals surface area contributed by atoms with Gasteiger partial charge in [0.05, 0.1) is 15.9 Å². The van der Waals surface area contributed by atoms with Crippen molar-refractivity contribution in [2.45, 2.75) is 33.2 Å². The Balaban J connectivity index is 2.43. The maximum Gasteiger partial charge on any atom is 0.163 e. The molecule has 2 aromatic rings. The molecule has 1 N–H and O–H groups in total. The van der Waals surface area contributed by atoms with Crippen LogP contribution in [-0.4, -0.2) is 15.3 Å². The highest BCUT2D eigenvalue weighted by Crippen LogP contribution is 2.29. The summed E-state index contributed by atoms with van der Waals surface area (Å²) in [6.45, 7) is 8.42. The number of halogens is 1. The number of anilines is 1. The average molecular weight is 308 g/mol. The number of aromatic nitrogens is 2. The van der Waals surface area contributed by atoms with Crippen molar-refractivity contribution in [2.24, 2.45) is 0 Å². The van der Waals surface area contributed by atoms with Gasteiger partial charge in [-0.05, 0) is 55.8 Å². The molecule has 1 heterocycles. The van der Waals surface area contributed by atoms with Crippen molar-refractivity contribution in [1.82, 2.24) is 9.78 Å². The van der Waals surface area contributed by atoms with Gasteiger partial charge in [0, 0.05) is 5.54 Å². The van der Waals surface area contributed by atoms with E-state index >= 15 is 0 Å². The second-order valence-corrected chi connectivity index (χ2v) is 6.16. The molecule has 0 aliphatic rings. The molecule has 18 heavy (non-hydrogen) atoms. The molecule has 3 nitrogen and oxygen atoms in total. The second kappa shape index (κ2) is 4.76. The van der Waals surface area contributed by atoms with Gasteiger partial charge in [-0.15, -0.1) is 5.10 Å². The van der Waals surface area contributed by atoms with Crippen molar-refractivity contribution in [3.05, 3.63) is 40.5 Å². The summed E-state index contributed by atoms with van der Waals surface area (Å²) in [6.07, 6.45) is 0. The van der Waals surface area contributed by atoms with Gasteiger partial charge in [-0.2, -0.15) is 0 Å². The Morgan fingerprint density at radius 2 is 1.78 bits per heavy atom. The van der Waals surface area contributed by atoms with Crippen LogP contribution in [-0.2, 0) is 0 Å². The van der Waals surface area contributed by atoms with Crippen LogP contribution in [0.4, 0.5) is 5.82 Å². The van der Waals surface area contributed by atoms with Crippen molar-refractivity contribution in [1.29, 1.82) is 0 Å². The van der Waals surface area contributed by atoms with Crippen molar-refractivity contribution in [3.63, 3.8) is 0 Å². The van der Waals surface area contributed by atoms with E-state index in [1.165, 1.54) is 0 Å².